The molecule has 1 fully saturated rings. The van der Waals surface area contributed by atoms with E-state index in [2.05, 4.69) is 86.1 Å². The van der Waals surface area contributed by atoms with E-state index in [1.54, 1.807) is 11.3 Å². The van der Waals surface area contributed by atoms with Gasteiger partial charge in [0.2, 0.25) is 0 Å². The van der Waals surface area contributed by atoms with Crippen molar-refractivity contribution < 1.29 is 4.74 Å². The molecule has 3 aromatic heterocycles. The molecular weight excluding hydrogens is 466 g/mol. The molecule has 36 heavy (non-hydrogen) atoms. The topological polar surface area (TPSA) is 69.0 Å². The van der Waals surface area contributed by atoms with E-state index in [-0.39, 0.29) is 0 Å². The zero-order valence-electron chi connectivity index (χ0n) is 20.6. The summed E-state index contributed by atoms with van der Waals surface area (Å²) in [6, 6.07) is 21.2. The highest BCUT2D eigenvalue weighted by Gasteiger charge is 2.15. The molecule has 0 saturated carbocycles. The molecule has 6 nitrogen and oxygen atoms in total. The van der Waals surface area contributed by atoms with Gasteiger partial charge in [-0.1, -0.05) is 36.8 Å². The zero-order chi connectivity index (χ0) is 24.2. The van der Waals surface area contributed by atoms with Gasteiger partial charge >= 0.3 is 0 Å². The Bertz CT molecular complexity index is 1410. The SMILES string of the molecule is c1ccc(CNCc2cc3[nH]nc(-c4cc5ccc(OCCCN6CCCCC6)cc5[nH]4)c3s2)cc1. The van der Waals surface area contributed by atoms with E-state index in [0.29, 0.717) is 0 Å². The summed E-state index contributed by atoms with van der Waals surface area (Å²) < 4.78 is 7.26. The Morgan fingerprint density at radius 3 is 2.72 bits per heavy atom. The van der Waals surface area contributed by atoms with Crippen LogP contribution in [0.5, 0.6) is 5.75 Å². The van der Waals surface area contributed by atoms with Crippen molar-refractivity contribution in [2.45, 2.75) is 38.8 Å². The van der Waals surface area contributed by atoms with Crippen LogP contribution in [0.15, 0.2) is 60.7 Å². The summed E-state index contributed by atoms with van der Waals surface area (Å²) in [5.41, 5.74) is 5.47. The molecule has 5 aromatic rings. The minimum Gasteiger partial charge on any atom is -0.493 e. The second-order valence-electron chi connectivity index (χ2n) is 9.65. The largest absolute Gasteiger partial charge is 0.493 e. The van der Waals surface area contributed by atoms with Crippen molar-refractivity contribution in [2.24, 2.45) is 0 Å². The monoisotopic (exact) mass is 499 g/mol. The molecule has 2 aromatic carbocycles. The molecule has 6 rings (SSSR count). The molecule has 0 unspecified atom stereocenters. The first kappa shape index (κ1) is 23.3. The van der Waals surface area contributed by atoms with Crippen molar-refractivity contribution in [3.8, 4) is 17.1 Å². The zero-order valence-corrected chi connectivity index (χ0v) is 21.4. The maximum absolute atomic E-state index is 6.07. The van der Waals surface area contributed by atoms with E-state index < -0.39 is 0 Å². The Morgan fingerprint density at radius 1 is 0.944 bits per heavy atom. The Kier molecular flexibility index (Phi) is 7.03. The van der Waals surface area contributed by atoms with Gasteiger partial charge in [-0.15, -0.1) is 11.3 Å². The lowest BCUT2D eigenvalue weighted by Gasteiger charge is -2.26. The number of benzene rings is 2. The first-order valence-electron chi connectivity index (χ1n) is 13.0. The predicted molar refractivity (Wildman–Crippen MR) is 149 cm³/mol. The molecule has 0 spiro atoms. The summed E-state index contributed by atoms with van der Waals surface area (Å²) in [5.74, 6) is 0.921. The van der Waals surface area contributed by atoms with Gasteiger partial charge in [-0.05, 0) is 62.2 Å². The second kappa shape index (κ2) is 10.9. The third-order valence-corrected chi connectivity index (χ3v) is 8.08. The summed E-state index contributed by atoms with van der Waals surface area (Å²) in [4.78, 5) is 7.43. The highest BCUT2D eigenvalue weighted by molar-refractivity contribution is 7.19. The Labute approximate surface area is 215 Å². The summed E-state index contributed by atoms with van der Waals surface area (Å²) >= 11 is 1.79. The number of ether oxygens (including phenoxy) is 1. The van der Waals surface area contributed by atoms with Gasteiger partial charge in [0.25, 0.3) is 0 Å². The predicted octanol–water partition coefficient (Wildman–Crippen LogP) is 6.32. The van der Waals surface area contributed by atoms with E-state index in [4.69, 9.17) is 4.74 Å². The molecule has 186 valence electrons. The summed E-state index contributed by atoms with van der Waals surface area (Å²) in [6.45, 7) is 6.08. The maximum Gasteiger partial charge on any atom is 0.126 e. The van der Waals surface area contributed by atoms with Gasteiger partial charge in [0.15, 0.2) is 0 Å². The van der Waals surface area contributed by atoms with E-state index in [1.165, 1.54) is 52.9 Å². The molecule has 0 radical (unpaired) electrons. The van der Waals surface area contributed by atoms with Crippen LogP contribution in [-0.2, 0) is 13.1 Å². The number of nitrogens with zero attached hydrogens (tertiary/aromatic N) is 2. The van der Waals surface area contributed by atoms with Crippen molar-refractivity contribution in [3.05, 3.63) is 71.1 Å². The number of thiophene rings is 1. The maximum atomic E-state index is 6.07. The number of aromatic amines is 2. The molecule has 1 aliphatic heterocycles. The summed E-state index contributed by atoms with van der Waals surface area (Å²) in [7, 11) is 0. The summed E-state index contributed by atoms with van der Waals surface area (Å²) in [6.07, 6.45) is 5.13. The first-order chi connectivity index (χ1) is 17.8. The van der Waals surface area contributed by atoms with Gasteiger partial charge in [0.1, 0.15) is 11.4 Å². The lowest BCUT2D eigenvalue weighted by atomic mass is 10.1. The first-order valence-corrected chi connectivity index (χ1v) is 13.8. The number of fused-ring (bicyclic) bond motifs is 2. The number of aromatic nitrogens is 3. The molecule has 0 amide bonds. The Hall–Kier alpha value is -3.13. The molecule has 7 heteroatoms. The van der Waals surface area contributed by atoms with Crippen molar-refractivity contribution in [2.75, 3.05) is 26.2 Å². The van der Waals surface area contributed by atoms with Gasteiger partial charge in [-0.25, -0.2) is 0 Å². The van der Waals surface area contributed by atoms with Crippen molar-refractivity contribution >= 4 is 32.5 Å². The van der Waals surface area contributed by atoms with Crippen molar-refractivity contribution in [1.82, 2.24) is 25.4 Å². The van der Waals surface area contributed by atoms with E-state index in [9.17, 15) is 0 Å². The van der Waals surface area contributed by atoms with Crippen LogP contribution in [0.25, 0.3) is 32.5 Å². The van der Waals surface area contributed by atoms with Gasteiger partial charge < -0.3 is 19.9 Å². The smallest absolute Gasteiger partial charge is 0.126 e. The van der Waals surface area contributed by atoms with Crippen molar-refractivity contribution in [1.29, 1.82) is 0 Å². The fourth-order valence-electron chi connectivity index (χ4n) is 5.05. The van der Waals surface area contributed by atoms with E-state index >= 15 is 0 Å². The highest BCUT2D eigenvalue weighted by atomic mass is 32.1. The molecule has 0 atom stereocenters. The van der Waals surface area contributed by atoms with Crippen LogP contribution in [0.4, 0.5) is 0 Å². The van der Waals surface area contributed by atoms with Crippen LogP contribution in [0.2, 0.25) is 0 Å². The van der Waals surface area contributed by atoms with Gasteiger partial charge in [-0.2, -0.15) is 5.10 Å². The molecule has 3 N–H and O–H groups in total. The lowest BCUT2D eigenvalue weighted by Crippen LogP contribution is -2.31. The van der Waals surface area contributed by atoms with Gasteiger partial charge in [0, 0.05) is 41.5 Å². The van der Waals surface area contributed by atoms with Crippen LogP contribution >= 0.6 is 11.3 Å². The number of rotatable bonds is 10. The van der Waals surface area contributed by atoms with Crippen LogP contribution in [0.1, 0.15) is 36.1 Å². The van der Waals surface area contributed by atoms with Crippen LogP contribution in [0.3, 0.4) is 0 Å². The summed E-state index contributed by atoms with van der Waals surface area (Å²) in [5, 5.41) is 12.5. The third kappa shape index (κ3) is 5.33. The minimum atomic E-state index is 0.756. The number of likely N-dealkylation sites (tertiary alicyclic amines) is 1. The number of nitrogens with one attached hydrogen (secondary N) is 3. The van der Waals surface area contributed by atoms with Crippen LogP contribution < -0.4 is 10.1 Å². The number of hydrogen-bond donors (Lipinski definition) is 3. The van der Waals surface area contributed by atoms with Gasteiger partial charge in [-0.3, -0.25) is 5.10 Å². The Balaban J connectivity index is 1.09. The van der Waals surface area contributed by atoms with Crippen molar-refractivity contribution in [3.63, 3.8) is 0 Å². The molecule has 4 heterocycles. The third-order valence-electron chi connectivity index (χ3n) is 6.94. The second-order valence-corrected chi connectivity index (χ2v) is 10.8. The standard InChI is InChI=1S/C29H33N5OS/c1-3-8-21(9-4-1)19-30-20-24-18-27-29(36-24)28(33-32-27)26-16-22-10-11-23(17-25(22)31-26)35-15-7-14-34-12-5-2-6-13-34/h1,3-4,8-11,16-18,30-31H,2,5-7,12-15,19-20H2,(H,32,33). The van der Waals surface area contributed by atoms with Crippen LogP contribution in [-0.4, -0.2) is 46.3 Å². The minimum absolute atomic E-state index is 0.756. The molecular formula is C29H33N5OS. The highest BCUT2D eigenvalue weighted by Crippen LogP contribution is 2.34. The van der Waals surface area contributed by atoms with Crippen LogP contribution in [0, 0.1) is 0 Å². The number of piperidine rings is 1. The fraction of sp³-hybridized carbons (Fsp3) is 0.345. The fourth-order valence-corrected chi connectivity index (χ4v) is 6.13. The molecule has 0 aliphatic carbocycles. The van der Waals surface area contributed by atoms with E-state index in [1.807, 2.05) is 0 Å². The molecule has 1 saturated heterocycles. The molecule has 0 bridgehead atoms. The number of hydrogen-bond acceptors (Lipinski definition) is 5. The lowest BCUT2D eigenvalue weighted by molar-refractivity contribution is 0.205. The number of H-pyrrole nitrogens is 2. The average molecular weight is 500 g/mol. The van der Waals surface area contributed by atoms with E-state index in [0.717, 1.165) is 60.8 Å². The quantitative estimate of drug-likeness (QED) is 0.197. The average Bonchev–Trinajstić information content (AvgIpc) is 3.62. The molecule has 1 aliphatic rings. The Morgan fingerprint density at radius 2 is 1.83 bits per heavy atom. The van der Waals surface area contributed by atoms with Gasteiger partial charge in [0.05, 0.1) is 22.5 Å². The normalized spacial score (nSPS) is 14.7.